The second-order valence-corrected chi connectivity index (χ2v) is 6.04. The maximum atomic E-state index is 13.7. The Morgan fingerprint density at radius 2 is 2.16 bits per heavy atom. The molecule has 8 heteroatoms. The normalized spacial score (nSPS) is 11.8. The van der Waals surface area contributed by atoms with Crippen molar-refractivity contribution < 1.29 is 17.9 Å². The van der Waals surface area contributed by atoms with Gasteiger partial charge in [0.2, 0.25) is 10.0 Å². The summed E-state index contributed by atoms with van der Waals surface area (Å²) < 4.78 is 39.4. The second-order valence-electron chi connectivity index (χ2n) is 3.70. The van der Waals surface area contributed by atoms with E-state index in [-0.39, 0.29) is 35.1 Å². The van der Waals surface area contributed by atoms with Crippen molar-refractivity contribution in [2.24, 2.45) is 5.73 Å². The number of hydrogen-bond acceptors (Lipinski definition) is 4. The highest BCUT2D eigenvalue weighted by molar-refractivity contribution is 7.89. The van der Waals surface area contributed by atoms with Crippen molar-refractivity contribution in [1.82, 2.24) is 4.31 Å². The molecule has 0 aliphatic rings. The minimum Gasteiger partial charge on any atom is -0.395 e. The zero-order valence-corrected chi connectivity index (χ0v) is 12.0. The molecule has 0 aliphatic heterocycles. The third-order valence-electron chi connectivity index (χ3n) is 2.54. The quantitative estimate of drug-likeness (QED) is 0.746. The molecule has 1 rings (SSSR count). The van der Waals surface area contributed by atoms with Crippen LogP contribution in [0.2, 0.25) is 0 Å². The average Bonchev–Trinajstić information content (AvgIpc) is 2.34. The largest absolute Gasteiger partial charge is 0.395 e. The van der Waals surface area contributed by atoms with E-state index >= 15 is 0 Å². The van der Waals surface area contributed by atoms with E-state index in [1.54, 1.807) is 6.92 Å². The average molecular weight is 306 g/mol. The Kier molecular flexibility index (Phi) is 5.36. The lowest BCUT2D eigenvalue weighted by molar-refractivity contribution is 0.257. The van der Waals surface area contributed by atoms with Crippen molar-refractivity contribution in [3.63, 3.8) is 0 Å². The lowest BCUT2D eigenvalue weighted by atomic mass is 10.2. The van der Waals surface area contributed by atoms with Crippen LogP contribution < -0.4 is 5.73 Å². The number of nitrogens with zero attached hydrogens (tertiary/aromatic N) is 1. The van der Waals surface area contributed by atoms with Crippen molar-refractivity contribution in [2.45, 2.75) is 11.8 Å². The lowest BCUT2D eigenvalue weighted by Crippen LogP contribution is -2.34. The maximum Gasteiger partial charge on any atom is 0.243 e. The van der Waals surface area contributed by atoms with Crippen LogP contribution in [0.15, 0.2) is 23.1 Å². The van der Waals surface area contributed by atoms with Gasteiger partial charge in [0.15, 0.2) is 0 Å². The molecule has 0 fully saturated rings. The SMILES string of the molecule is CCN(CCO)S(=O)(=O)c1cccc(F)c1C(N)=S. The zero-order valence-electron chi connectivity index (χ0n) is 10.3. The highest BCUT2D eigenvalue weighted by Gasteiger charge is 2.27. The van der Waals surface area contributed by atoms with Crippen LogP contribution in [0.25, 0.3) is 0 Å². The predicted octanol–water partition coefficient (Wildman–Crippen LogP) is 0.463. The van der Waals surface area contributed by atoms with Gasteiger partial charge in [0.05, 0.1) is 17.1 Å². The molecule has 0 spiro atoms. The van der Waals surface area contributed by atoms with E-state index in [9.17, 15) is 12.8 Å². The summed E-state index contributed by atoms with van der Waals surface area (Å²) in [5.74, 6) is -0.784. The molecular weight excluding hydrogens is 291 g/mol. The summed E-state index contributed by atoms with van der Waals surface area (Å²) in [7, 11) is -3.95. The smallest absolute Gasteiger partial charge is 0.243 e. The van der Waals surface area contributed by atoms with Crippen LogP contribution in [-0.2, 0) is 10.0 Å². The highest BCUT2D eigenvalue weighted by Crippen LogP contribution is 2.22. The molecule has 0 saturated carbocycles. The minimum absolute atomic E-state index is 0.0773. The molecule has 5 nitrogen and oxygen atoms in total. The fourth-order valence-electron chi connectivity index (χ4n) is 1.66. The molecule has 0 bridgehead atoms. The number of likely N-dealkylation sites (N-methyl/N-ethyl adjacent to an activating group) is 1. The molecule has 0 heterocycles. The van der Waals surface area contributed by atoms with Gasteiger partial charge in [-0.25, -0.2) is 12.8 Å². The number of thiocarbonyl (C=S) groups is 1. The van der Waals surface area contributed by atoms with Crippen LogP contribution in [0.1, 0.15) is 12.5 Å². The van der Waals surface area contributed by atoms with Gasteiger partial charge in [0.25, 0.3) is 0 Å². The van der Waals surface area contributed by atoms with E-state index in [2.05, 4.69) is 0 Å². The Balaban J connectivity index is 3.44. The molecule has 106 valence electrons. The van der Waals surface area contributed by atoms with E-state index in [4.69, 9.17) is 23.1 Å². The van der Waals surface area contributed by atoms with Crippen molar-refractivity contribution in [3.8, 4) is 0 Å². The number of rotatable bonds is 6. The minimum atomic E-state index is -3.95. The molecular formula is C11H15FN2O3S2. The van der Waals surface area contributed by atoms with Gasteiger partial charge in [-0.05, 0) is 12.1 Å². The molecule has 19 heavy (non-hydrogen) atoms. The van der Waals surface area contributed by atoms with Crippen molar-refractivity contribution in [1.29, 1.82) is 0 Å². The summed E-state index contributed by atoms with van der Waals surface area (Å²) in [4.78, 5) is -0.605. The third kappa shape index (κ3) is 3.27. The fraction of sp³-hybridized carbons (Fsp3) is 0.364. The second kappa shape index (κ2) is 6.38. The van der Waals surface area contributed by atoms with Crippen molar-refractivity contribution >= 4 is 27.2 Å². The van der Waals surface area contributed by atoms with Gasteiger partial charge < -0.3 is 10.8 Å². The molecule has 0 atom stereocenters. The summed E-state index contributed by atoms with van der Waals surface area (Å²) in [5, 5.41) is 8.88. The van der Waals surface area contributed by atoms with Crippen molar-refractivity contribution in [3.05, 3.63) is 29.6 Å². The van der Waals surface area contributed by atoms with Gasteiger partial charge in [-0.3, -0.25) is 0 Å². The molecule has 3 N–H and O–H groups in total. The third-order valence-corrected chi connectivity index (χ3v) is 4.76. The summed E-state index contributed by atoms with van der Waals surface area (Å²) in [6.45, 7) is 1.36. The van der Waals surface area contributed by atoms with Crippen LogP contribution in [0, 0.1) is 5.82 Å². The van der Waals surface area contributed by atoms with Gasteiger partial charge in [0, 0.05) is 13.1 Å². The topological polar surface area (TPSA) is 83.6 Å². The molecule has 0 unspecified atom stereocenters. The summed E-state index contributed by atoms with van der Waals surface area (Å²) in [6.07, 6.45) is 0. The van der Waals surface area contributed by atoms with E-state index < -0.39 is 15.8 Å². The standard InChI is InChI=1S/C11H15FN2O3S2/c1-2-14(6-7-15)19(16,17)9-5-3-4-8(12)10(9)11(13)18/h3-5,15H,2,6-7H2,1H3,(H2,13,18). The van der Waals surface area contributed by atoms with Gasteiger partial charge in [-0.1, -0.05) is 25.2 Å². The first-order valence-corrected chi connectivity index (χ1v) is 7.40. The first-order chi connectivity index (χ1) is 8.86. The summed E-state index contributed by atoms with van der Waals surface area (Å²) >= 11 is 4.70. The van der Waals surface area contributed by atoms with Crippen LogP contribution in [0.3, 0.4) is 0 Å². The van der Waals surface area contributed by atoms with Crippen LogP contribution in [-0.4, -0.2) is 42.5 Å². The predicted molar refractivity (Wildman–Crippen MR) is 73.8 cm³/mol. The number of sulfonamides is 1. The molecule has 0 aromatic heterocycles. The Hall–Kier alpha value is -1.09. The number of aliphatic hydroxyl groups excluding tert-OH is 1. The van der Waals surface area contributed by atoms with Crippen LogP contribution in [0.4, 0.5) is 4.39 Å². The number of halogens is 1. The van der Waals surface area contributed by atoms with E-state index in [1.165, 1.54) is 12.1 Å². The molecule has 1 aromatic carbocycles. The Labute approximate surface area is 116 Å². The number of aliphatic hydroxyl groups is 1. The van der Waals surface area contributed by atoms with Gasteiger partial charge >= 0.3 is 0 Å². The molecule has 0 saturated heterocycles. The van der Waals surface area contributed by atoms with Crippen molar-refractivity contribution in [2.75, 3.05) is 19.7 Å². The number of nitrogens with two attached hydrogens (primary N) is 1. The first kappa shape index (κ1) is 16.0. The molecule has 0 amide bonds. The Morgan fingerprint density at radius 3 is 2.63 bits per heavy atom. The lowest BCUT2D eigenvalue weighted by Gasteiger charge is -2.21. The van der Waals surface area contributed by atoms with Gasteiger partial charge in [-0.15, -0.1) is 0 Å². The van der Waals surface area contributed by atoms with Crippen LogP contribution in [0.5, 0.6) is 0 Å². The van der Waals surface area contributed by atoms with Gasteiger partial charge in [-0.2, -0.15) is 4.31 Å². The maximum absolute atomic E-state index is 13.7. The first-order valence-electron chi connectivity index (χ1n) is 5.55. The molecule has 0 radical (unpaired) electrons. The number of hydrogen-bond donors (Lipinski definition) is 2. The van der Waals surface area contributed by atoms with E-state index in [0.29, 0.717) is 0 Å². The van der Waals surface area contributed by atoms with E-state index in [0.717, 1.165) is 10.4 Å². The van der Waals surface area contributed by atoms with Gasteiger partial charge in [0.1, 0.15) is 10.8 Å². The summed E-state index contributed by atoms with van der Waals surface area (Å²) in [6, 6.07) is 3.61. The monoisotopic (exact) mass is 306 g/mol. The Morgan fingerprint density at radius 1 is 1.53 bits per heavy atom. The number of benzene rings is 1. The van der Waals surface area contributed by atoms with Crippen LogP contribution >= 0.6 is 12.2 Å². The molecule has 1 aromatic rings. The molecule has 0 aliphatic carbocycles. The van der Waals surface area contributed by atoms with E-state index in [1.807, 2.05) is 0 Å². The summed E-state index contributed by atoms with van der Waals surface area (Å²) in [5.41, 5.74) is 5.09. The Bertz CT molecular complexity index is 575. The highest BCUT2D eigenvalue weighted by atomic mass is 32.2. The fourth-order valence-corrected chi connectivity index (χ4v) is 3.59. The zero-order chi connectivity index (χ0) is 14.6.